The van der Waals surface area contributed by atoms with Crippen molar-refractivity contribution in [3.63, 3.8) is 0 Å². The number of nitrogens with zero attached hydrogens (tertiary/aromatic N) is 4. The molecule has 1 aromatic heterocycles. The zero-order chi connectivity index (χ0) is 26.3. The average Bonchev–Trinajstić information content (AvgIpc) is 2.76. The van der Waals surface area contributed by atoms with Crippen LogP contribution >= 0.6 is 0 Å². The molecule has 6 nitrogen and oxygen atoms in total. The third-order valence-electron chi connectivity index (χ3n) is 7.42. The Morgan fingerprint density at radius 2 is 1.09 bits per heavy atom. The van der Waals surface area contributed by atoms with Gasteiger partial charge in [0.2, 0.25) is 0 Å². The lowest BCUT2D eigenvalue weighted by Gasteiger charge is -2.38. The van der Waals surface area contributed by atoms with Gasteiger partial charge < -0.3 is 13.8 Å². The molecule has 0 aliphatic rings. The predicted molar refractivity (Wildman–Crippen MR) is 153 cm³/mol. The zero-order valence-corrected chi connectivity index (χ0v) is 25.6. The van der Waals surface area contributed by atoms with Crippen LogP contribution in [0.5, 0.6) is 0 Å². The Balaban J connectivity index is 2.10. The fourth-order valence-electron chi connectivity index (χ4n) is 2.88. The molecule has 0 unspecified atom stereocenters. The van der Waals surface area contributed by atoms with Gasteiger partial charge in [0.25, 0.3) is 0 Å². The zero-order valence-electron chi connectivity index (χ0n) is 23.6. The van der Waals surface area contributed by atoms with Crippen molar-refractivity contribution in [1.29, 1.82) is 0 Å². The first-order valence-corrected chi connectivity index (χ1v) is 18.4. The molecule has 1 aromatic carbocycles. The average molecular weight is 515 g/mol. The topological polar surface area (TPSA) is 59.3 Å². The molecular formula is C27H46N4O2Si2. The molecule has 0 bridgehead atoms. The maximum Gasteiger partial charge on any atom is 0.192 e. The number of rotatable bonds is 11. The van der Waals surface area contributed by atoms with Crippen LogP contribution in [0.2, 0.25) is 36.3 Å². The van der Waals surface area contributed by atoms with Gasteiger partial charge in [-0.3, -0.25) is 4.98 Å². The van der Waals surface area contributed by atoms with Crippen molar-refractivity contribution in [2.24, 2.45) is 10.2 Å². The molecule has 0 aliphatic carbocycles. The lowest BCUT2D eigenvalue weighted by molar-refractivity contribution is 0.276. The van der Waals surface area contributed by atoms with E-state index in [0.29, 0.717) is 13.2 Å². The van der Waals surface area contributed by atoms with Crippen LogP contribution in [0, 0.1) is 0 Å². The van der Waals surface area contributed by atoms with Crippen molar-refractivity contribution in [2.75, 3.05) is 31.2 Å². The molecule has 0 radical (unpaired) electrons. The van der Waals surface area contributed by atoms with Crippen LogP contribution in [0.25, 0.3) is 0 Å². The monoisotopic (exact) mass is 514 g/mol. The van der Waals surface area contributed by atoms with Crippen LogP contribution in [0.3, 0.4) is 0 Å². The first kappa shape index (κ1) is 29.4. The minimum atomic E-state index is -1.79. The first-order valence-electron chi connectivity index (χ1n) is 12.6. The van der Waals surface area contributed by atoms with Gasteiger partial charge >= 0.3 is 0 Å². The maximum atomic E-state index is 6.49. The molecule has 0 saturated carbocycles. The van der Waals surface area contributed by atoms with E-state index in [4.69, 9.17) is 8.85 Å². The standard InChI is InChI=1S/C27H46N4O2Si2/c1-26(2,3)34(7,8)32-21-19-31(20-22-33-35(9,10)27(4,5)6)25-13-11-23(12-14-25)29-30-24-15-17-28-18-16-24/h11-18H,19-22H2,1-10H3. The molecule has 194 valence electrons. The van der Waals surface area contributed by atoms with E-state index in [9.17, 15) is 0 Å². The van der Waals surface area contributed by atoms with E-state index in [2.05, 4.69) is 100.0 Å². The van der Waals surface area contributed by atoms with Crippen LogP contribution < -0.4 is 4.90 Å². The largest absolute Gasteiger partial charge is 0.415 e. The molecule has 0 aliphatic heterocycles. The van der Waals surface area contributed by atoms with E-state index in [-0.39, 0.29) is 10.1 Å². The van der Waals surface area contributed by atoms with Gasteiger partial charge in [0.1, 0.15) is 0 Å². The quantitative estimate of drug-likeness (QED) is 0.223. The summed E-state index contributed by atoms with van der Waals surface area (Å²) < 4.78 is 13.0. The molecule has 2 rings (SSSR count). The summed E-state index contributed by atoms with van der Waals surface area (Å²) in [5, 5.41) is 9.05. The molecular weight excluding hydrogens is 468 g/mol. The van der Waals surface area contributed by atoms with Crippen LogP contribution in [0.15, 0.2) is 59.0 Å². The highest BCUT2D eigenvalue weighted by atomic mass is 28.4. The summed E-state index contributed by atoms with van der Waals surface area (Å²) >= 11 is 0. The molecule has 35 heavy (non-hydrogen) atoms. The molecule has 0 atom stereocenters. The lowest BCUT2D eigenvalue weighted by Crippen LogP contribution is -2.44. The highest BCUT2D eigenvalue weighted by Gasteiger charge is 2.38. The molecule has 1 heterocycles. The van der Waals surface area contributed by atoms with Crippen molar-refractivity contribution < 1.29 is 8.85 Å². The van der Waals surface area contributed by atoms with Gasteiger partial charge in [-0.05, 0) is 72.7 Å². The predicted octanol–water partition coefficient (Wildman–Crippen LogP) is 8.35. The van der Waals surface area contributed by atoms with Crippen LogP contribution in [-0.2, 0) is 8.85 Å². The van der Waals surface area contributed by atoms with Crippen molar-refractivity contribution in [1.82, 2.24) is 4.98 Å². The molecule has 2 aromatic rings. The van der Waals surface area contributed by atoms with E-state index < -0.39 is 16.6 Å². The Bertz CT molecular complexity index is 902. The number of anilines is 1. The van der Waals surface area contributed by atoms with E-state index >= 15 is 0 Å². The van der Waals surface area contributed by atoms with Gasteiger partial charge in [0.05, 0.1) is 24.6 Å². The second-order valence-electron chi connectivity index (χ2n) is 12.1. The number of hydrogen-bond acceptors (Lipinski definition) is 6. The summed E-state index contributed by atoms with van der Waals surface area (Å²) in [5.74, 6) is 0. The normalized spacial score (nSPS) is 13.4. The summed E-state index contributed by atoms with van der Waals surface area (Å²) in [5.41, 5.74) is 2.75. The molecule has 0 N–H and O–H groups in total. The van der Waals surface area contributed by atoms with Crippen LogP contribution in [0.4, 0.5) is 17.1 Å². The van der Waals surface area contributed by atoms with Gasteiger partial charge in [0.15, 0.2) is 16.6 Å². The van der Waals surface area contributed by atoms with Crippen LogP contribution in [-0.4, -0.2) is 47.9 Å². The van der Waals surface area contributed by atoms with Crippen molar-refractivity contribution >= 4 is 33.7 Å². The van der Waals surface area contributed by atoms with Crippen LogP contribution in [0.1, 0.15) is 41.5 Å². The number of benzene rings is 1. The first-order chi connectivity index (χ1) is 16.1. The molecule has 0 fully saturated rings. The molecule has 0 saturated heterocycles. The Hall–Kier alpha value is -1.88. The van der Waals surface area contributed by atoms with Gasteiger partial charge in [0, 0.05) is 31.2 Å². The van der Waals surface area contributed by atoms with E-state index in [1.54, 1.807) is 12.4 Å². The minimum absolute atomic E-state index is 0.199. The van der Waals surface area contributed by atoms with E-state index in [0.717, 1.165) is 30.2 Å². The third kappa shape index (κ3) is 8.93. The second-order valence-corrected chi connectivity index (χ2v) is 21.7. The van der Waals surface area contributed by atoms with Crippen molar-refractivity contribution in [3.05, 3.63) is 48.8 Å². The number of hydrogen-bond donors (Lipinski definition) is 0. The van der Waals surface area contributed by atoms with E-state index in [1.807, 2.05) is 24.3 Å². The van der Waals surface area contributed by atoms with E-state index in [1.165, 1.54) is 0 Å². The Kier molecular flexibility index (Phi) is 9.99. The Morgan fingerprint density at radius 3 is 1.49 bits per heavy atom. The molecule has 0 spiro atoms. The van der Waals surface area contributed by atoms with Gasteiger partial charge in [-0.25, -0.2) is 0 Å². The maximum absolute atomic E-state index is 6.49. The highest BCUT2D eigenvalue weighted by Crippen LogP contribution is 2.37. The second kappa shape index (κ2) is 11.9. The number of aromatic nitrogens is 1. The van der Waals surface area contributed by atoms with Gasteiger partial charge in [-0.1, -0.05) is 41.5 Å². The van der Waals surface area contributed by atoms with Crippen molar-refractivity contribution in [3.8, 4) is 0 Å². The highest BCUT2D eigenvalue weighted by molar-refractivity contribution is 6.74. The van der Waals surface area contributed by atoms with Gasteiger partial charge in [-0.15, -0.1) is 0 Å². The number of pyridine rings is 1. The lowest BCUT2D eigenvalue weighted by atomic mass is 10.2. The third-order valence-corrected chi connectivity index (χ3v) is 16.5. The smallest absolute Gasteiger partial charge is 0.192 e. The summed E-state index contributed by atoms with van der Waals surface area (Å²) in [6, 6.07) is 11.9. The fraction of sp³-hybridized carbons (Fsp3) is 0.593. The fourth-order valence-corrected chi connectivity index (χ4v) is 4.95. The Morgan fingerprint density at radius 1 is 0.686 bits per heavy atom. The minimum Gasteiger partial charge on any atom is -0.415 e. The van der Waals surface area contributed by atoms with Crippen molar-refractivity contribution in [2.45, 2.75) is 77.8 Å². The molecule has 8 heteroatoms. The number of azo groups is 1. The summed E-state index contributed by atoms with van der Waals surface area (Å²) in [6.45, 7) is 26.0. The summed E-state index contributed by atoms with van der Waals surface area (Å²) in [4.78, 5) is 6.38. The SMILES string of the molecule is CC(C)(C)[Si](C)(C)OCCN(CCO[Si](C)(C)C(C)(C)C)c1ccc(N=Nc2ccncc2)cc1. The summed E-state index contributed by atoms with van der Waals surface area (Å²) in [6.07, 6.45) is 3.43. The summed E-state index contributed by atoms with van der Waals surface area (Å²) in [7, 11) is -3.59. The van der Waals surface area contributed by atoms with Gasteiger partial charge in [-0.2, -0.15) is 10.2 Å². The Labute approximate surface area is 215 Å². The molecule has 0 amide bonds.